The molecule has 0 radical (unpaired) electrons. The van der Waals surface area contributed by atoms with Crippen LogP contribution in [-0.2, 0) is 0 Å². The van der Waals surface area contributed by atoms with Gasteiger partial charge in [-0.3, -0.25) is 4.79 Å². The van der Waals surface area contributed by atoms with Gasteiger partial charge in [-0.2, -0.15) is 5.10 Å². The number of amides is 1. The van der Waals surface area contributed by atoms with Crippen LogP contribution in [-0.4, -0.2) is 41.6 Å². The molecule has 1 aliphatic heterocycles. The highest BCUT2D eigenvalue weighted by Crippen LogP contribution is 2.38. The second kappa shape index (κ2) is 8.27. The summed E-state index contributed by atoms with van der Waals surface area (Å²) in [5.41, 5.74) is 1.84. The molecule has 0 fully saturated rings. The zero-order chi connectivity index (χ0) is 22.0. The molecule has 31 heavy (non-hydrogen) atoms. The van der Waals surface area contributed by atoms with E-state index in [1.807, 2.05) is 6.07 Å². The number of hydrogen-bond donors (Lipinski definition) is 3. The van der Waals surface area contributed by atoms with Crippen molar-refractivity contribution in [1.29, 1.82) is 0 Å². The predicted octanol–water partition coefficient (Wildman–Crippen LogP) is 3.72. The fraction of sp³-hybridized carbons (Fsp3) is 0.130. The molecule has 3 aromatic carbocycles. The number of carbonyl (C=O) groups is 1. The lowest BCUT2D eigenvalue weighted by molar-refractivity contribution is 0.0689. The Kier molecular flexibility index (Phi) is 5.36. The largest absolute Gasteiger partial charge is 0.508 e. The van der Waals surface area contributed by atoms with E-state index in [4.69, 9.17) is 9.47 Å². The Balaban J connectivity index is 1.80. The molecule has 0 aliphatic carbocycles. The minimum absolute atomic E-state index is 0.0110. The molecule has 1 amide bonds. The number of carbonyl (C=O) groups excluding carboxylic acids is 1. The van der Waals surface area contributed by atoms with Crippen molar-refractivity contribution in [3.05, 3.63) is 77.4 Å². The van der Waals surface area contributed by atoms with Gasteiger partial charge >= 0.3 is 0 Å². The number of rotatable bonds is 5. The lowest BCUT2D eigenvalue weighted by atomic mass is 10.0. The number of hydrogen-bond acceptors (Lipinski definition) is 7. The Labute approximate surface area is 179 Å². The van der Waals surface area contributed by atoms with Gasteiger partial charge in [0, 0.05) is 16.8 Å². The summed E-state index contributed by atoms with van der Waals surface area (Å²) in [6.45, 7) is 0. The number of ether oxygens (including phenoxy) is 2. The van der Waals surface area contributed by atoms with Crippen LogP contribution in [0.1, 0.15) is 27.7 Å². The Morgan fingerprint density at radius 1 is 0.968 bits per heavy atom. The molecule has 1 unspecified atom stereocenters. The van der Waals surface area contributed by atoms with Crippen LogP contribution in [0.25, 0.3) is 0 Å². The molecule has 8 heteroatoms. The van der Waals surface area contributed by atoms with Crippen LogP contribution in [0.3, 0.4) is 0 Å². The van der Waals surface area contributed by atoms with Crippen molar-refractivity contribution >= 4 is 17.8 Å². The number of phenols is 2. The van der Waals surface area contributed by atoms with Gasteiger partial charge < -0.3 is 25.0 Å². The van der Waals surface area contributed by atoms with Gasteiger partial charge in [0.25, 0.3) is 5.91 Å². The first kappa shape index (κ1) is 20.1. The zero-order valence-electron chi connectivity index (χ0n) is 16.9. The summed E-state index contributed by atoms with van der Waals surface area (Å²) in [5.74, 6) is 0.670. The van der Waals surface area contributed by atoms with E-state index in [-0.39, 0.29) is 17.4 Å². The molecule has 1 heterocycles. The zero-order valence-corrected chi connectivity index (χ0v) is 16.9. The van der Waals surface area contributed by atoms with Crippen molar-refractivity contribution < 1.29 is 24.5 Å². The summed E-state index contributed by atoms with van der Waals surface area (Å²) in [7, 11) is 3.04. The number of fused-ring (bicyclic) bond motifs is 1. The van der Waals surface area contributed by atoms with Gasteiger partial charge in [-0.25, -0.2) is 5.01 Å². The lowest BCUT2D eigenvalue weighted by Crippen LogP contribution is -2.39. The molecule has 0 saturated carbocycles. The smallest absolute Gasteiger partial charge is 0.278 e. The third kappa shape index (κ3) is 3.83. The topological polar surface area (TPSA) is 104 Å². The molecular formula is C23H21N3O5. The van der Waals surface area contributed by atoms with E-state index in [2.05, 4.69) is 10.4 Å². The average molecular weight is 419 g/mol. The molecule has 8 nitrogen and oxygen atoms in total. The number of aromatic hydroxyl groups is 2. The molecule has 4 rings (SSSR count). The van der Waals surface area contributed by atoms with Crippen LogP contribution in [0.15, 0.2) is 65.8 Å². The molecule has 0 saturated heterocycles. The third-order valence-corrected chi connectivity index (χ3v) is 4.99. The van der Waals surface area contributed by atoms with E-state index in [0.29, 0.717) is 33.9 Å². The van der Waals surface area contributed by atoms with E-state index < -0.39 is 6.17 Å². The molecule has 0 aromatic heterocycles. The summed E-state index contributed by atoms with van der Waals surface area (Å²) >= 11 is 0. The second-order valence-electron chi connectivity index (χ2n) is 6.84. The average Bonchev–Trinajstić information content (AvgIpc) is 2.80. The standard InChI is InChI=1S/C23H21N3O5/c1-30-15-7-9-20(27)14(11-15)13-24-26-22(18-12-16(31-2)8-10-21(18)28)25-19-6-4-3-5-17(19)23(26)29/h3-13,22,25,27-28H,1-2H3. The number of nitrogens with one attached hydrogen (secondary N) is 1. The predicted molar refractivity (Wildman–Crippen MR) is 116 cm³/mol. The molecule has 0 spiro atoms. The first-order valence-electron chi connectivity index (χ1n) is 9.49. The summed E-state index contributed by atoms with van der Waals surface area (Å²) in [5, 5.41) is 29.5. The van der Waals surface area contributed by atoms with Crippen LogP contribution in [0, 0.1) is 0 Å². The molecule has 0 bridgehead atoms. The van der Waals surface area contributed by atoms with Crippen LogP contribution in [0.5, 0.6) is 23.0 Å². The highest BCUT2D eigenvalue weighted by atomic mass is 16.5. The van der Waals surface area contributed by atoms with Crippen molar-refractivity contribution in [3.63, 3.8) is 0 Å². The van der Waals surface area contributed by atoms with Crippen LogP contribution < -0.4 is 14.8 Å². The van der Waals surface area contributed by atoms with Crippen molar-refractivity contribution in [2.24, 2.45) is 5.10 Å². The van der Waals surface area contributed by atoms with Crippen LogP contribution >= 0.6 is 0 Å². The lowest BCUT2D eigenvalue weighted by Gasteiger charge is -2.35. The maximum Gasteiger partial charge on any atom is 0.278 e. The summed E-state index contributed by atoms with van der Waals surface area (Å²) in [6, 6.07) is 16.5. The van der Waals surface area contributed by atoms with Gasteiger partial charge in [0.2, 0.25) is 0 Å². The maximum atomic E-state index is 13.3. The minimum atomic E-state index is -0.804. The number of methoxy groups -OCH3 is 2. The van der Waals surface area contributed by atoms with Gasteiger partial charge in [-0.1, -0.05) is 12.1 Å². The quantitative estimate of drug-likeness (QED) is 0.545. The fourth-order valence-electron chi connectivity index (χ4n) is 3.34. The number of hydrazone groups is 1. The maximum absolute atomic E-state index is 13.3. The van der Waals surface area contributed by atoms with E-state index in [1.54, 1.807) is 42.5 Å². The molecule has 3 N–H and O–H groups in total. The molecule has 1 atom stereocenters. The van der Waals surface area contributed by atoms with Crippen molar-refractivity contribution in [1.82, 2.24) is 5.01 Å². The Morgan fingerprint density at radius 3 is 2.39 bits per heavy atom. The van der Waals surface area contributed by atoms with Gasteiger partial charge in [-0.05, 0) is 48.5 Å². The van der Waals surface area contributed by atoms with Crippen molar-refractivity contribution in [2.45, 2.75) is 6.17 Å². The Hall–Kier alpha value is -4.20. The van der Waals surface area contributed by atoms with Crippen LogP contribution in [0.2, 0.25) is 0 Å². The number of phenolic OH excluding ortho intramolecular Hbond substituents is 2. The van der Waals surface area contributed by atoms with E-state index in [0.717, 1.165) is 0 Å². The molecule has 3 aromatic rings. The highest BCUT2D eigenvalue weighted by Gasteiger charge is 2.34. The molecular weight excluding hydrogens is 398 g/mol. The first-order valence-corrected chi connectivity index (χ1v) is 9.49. The van der Waals surface area contributed by atoms with E-state index in [9.17, 15) is 15.0 Å². The number of para-hydroxylation sites is 1. The second-order valence-corrected chi connectivity index (χ2v) is 6.84. The Morgan fingerprint density at radius 2 is 1.65 bits per heavy atom. The SMILES string of the molecule is COc1ccc(O)c(C=NN2C(=O)c3ccccc3NC2c2cc(OC)ccc2O)c1. The minimum Gasteiger partial charge on any atom is -0.508 e. The monoisotopic (exact) mass is 419 g/mol. The number of nitrogens with zero attached hydrogens (tertiary/aromatic N) is 2. The fourth-order valence-corrected chi connectivity index (χ4v) is 3.34. The van der Waals surface area contributed by atoms with E-state index in [1.165, 1.54) is 37.6 Å². The molecule has 1 aliphatic rings. The van der Waals surface area contributed by atoms with Gasteiger partial charge in [-0.15, -0.1) is 0 Å². The van der Waals surface area contributed by atoms with Gasteiger partial charge in [0.1, 0.15) is 23.0 Å². The normalized spacial score (nSPS) is 15.5. The summed E-state index contributed by atoms with van der Waals surface area (Å²) in [6.07, 6.45) is 0.566. The third-order valence-electron chi connectivity index (χ3n) is 4.99. The van der Waals surface area contributed by atoms with Gasteiger partial charge in [0.15, 0.2) is 6.17 Å². The number of benzene rings is 3. The number of anilines is 1. The highest BCUT2D eigenvalue weighted by molar-refractivity contribution is 6.02. The van der Waals surface area contributed by atoms with Crippen molar-refractivity contribution in [3.8, 4) is 23.0 Å². The molecule has 158 valence electrons. The van der Waals surface area contributed by atoms with E-state index >= 15 is 0 Å². The Bertz CT molecular complexity index is 1160. The van der Waals surface area contributed by atoms with Gasteiger partial charge in [0.05, 0.1) is 26.0 Å². The van der Waals surface area contributed by atoms with Crippen LogP contribution in [0.4, 0.5) is 5.69 Å². The summed E-state index contributed by atoms with van der Waals surface area (Å²) in [4.78, 5) is 13.3. The summed E-state index contributed by atoms with van der Waals surface area (Å²) < 4.78 is 10.5. The van der Waals surface area contributed by atoms with Crippen molar-refractivity contribution in [2.75, 3.05) is 19.5 Å². The first-order chi connectivity index (χ1) is 15.0.